The highest BCUT2D eigenvalue weighted by molar-refractivity contribution is 6.32. The fourth-order valence-corrected chi connectivity index (χ4v) is 2.89. The molecule has 2 nitrogen and oxygen atoms in total. The minimum atomic E-state index is 0.101. The summed E-state index contributed by atoms with van der Waals surface area (Å²) in [4.78, 5) is 0. The van der Waals surface area contributed by atoms with Crippen LogP contribution in [-0.2, 0) is 0 Å². The smallest absolute Gasteiger partial charge is 0.138 e. The molecule has 3 heteroatoms. The molecular weight excluding hydrogens is 246 g/mol. The molecule has 0 bridgehead atoms. The molecule has 0 heterocycles. The Balaban J connectivity index is 2.07. The van der Waals surface area contributed by atoms with Crippen molar-refractivity contribution in [3.63, 3.8) is 0 Å². The lowest BCUT2D eigenvalue weighted by molar-refractivity contribution is 0.101. The van der Waals surface area contributed by atoms with E-state index in [-0.39, 0.29) is 12.1 Å². The van der Waals surface area contributed by atoms with Crippen LogP contribution in [0.1, 0.15) is 38.2 Å². The fourth-order valence-electron chi connectivity index (χ4n) is 2.61. The molecule has 18 heavy (non-hydrogen) atoms. The van der Waals surface area contributed by atoms with Crippen LogP contribution < -0.4 is 10.5 Å². The monoisotopic (exact) mass is 267 g/mol. The van der Waals surface area contributed by atoms with E-state index in [2.05, 4.69) is 6.92 Å². The molecule has 3 atom stereocenters. The summed E-state index contributed by atoms with van der Waals surface area (Å²) in [5.74, 6) is 1.50. The van der Waals surface area contributed by atoms with E-state index in [1.54, 1.807) is 0 Å². The van der Waals surface area contributed by atoms with Crippen molar-refractivity contribution in [1.82, 2.24) is 0 Å². The highest BCUT2D eigenvalue weighted by Gasteiger charge is 2.29. The summed E-state index contributed by atoms with van der Waals surface area (Å²) in [5, 5.41) is 0.681. The first-order chi connectivity index (χ1) is 8.60. The maximum Gasteiger partial charge on any atom is 0.138 e. The van der Waals surface area contributed by atoms with E-state index in [1.165, 1.54) is 12.8 Å². The number of aryl methyl sites for hydroxylation is 1. The number of rotatable bonds is 3. The Hall–Kier alpha value is -0.730. The molecule has 0 radical (unpaired) electrons. The molecule has 0 aromatic heterocycles. The van der Waals surface area contributed by atoms with Gasteiger partial charge in [0.05, 0.1) is 5.02 Å². The second-order valence-corrected chi connectivity index (χ2v) is 5.75. The summed E-state index contributed by atoms with van der Waals surface area (Å²) < 4.78 is 6.03. The van der Waals surface area contributed by atoms with Gasteiger partial charge in [0, 0.05) is 6.04 Å². The number of nitrogens with two attached hydrogens (primary N) is 1. The molecule has 1 aliphatic rings. The van der Waals surface area contributed by atoms with Gasteiger partial charge < -0.3 is 10.5 Å². The van der Waals surface area contributed by atoms with Crippen LogP contribution in [0.15, 0.2) is 18.2 Å². The third kappa shape index (κ3) is 3.18. The van der Waals surface area contributed by atoms with Gasteiger partial charge in [0.15, 0.2) is 0 Å². The molecule has 0 amide bonds. The number of halogens is 1. The van der Waals surface area contributed by atoms with Crippen molar-refractivity contribution in [2.45, 2.75) is 51.7 Å². The number of ether oxygens (including phenoxy) is 1. The normalized spacial score (nSPS) is 28.1. The van der Waals surface area contributed by atoms with Crippen molar-refractivity contribution in [3.05, 3.63) is 28.8 Å². The van der Waals surface area contributed by atoms with Gasteiger partial charge in [0.2, 0.25) is 0 Å². The van der Waals surface area contributed by atoms with Gasteiger partial charge in [0.1, 0.15) is 11.9 Å². The average molecular weight is 268 g/mol. The van der Waals surface area contributed by atoms with E-state index in [4.69, 9.17) is 22.1 Å². The third-order valence-electron chi connectivity index (χ3n) is 3.89. The van der Waals surface area contributed by atoms with Gasteiger partial charge in [-0.3, -0.25) is 0 Å². The van der Waals surface area contributed by atoms with Crippen LogP contribution in [0, 0.1) is 12.8 Å². The van der Waals surface area contributed by atoms with Crippen LogP contribution in [0.2, 0.25) is 5.02 Å². The molecule has 1 aromatic rings. The summed E-state index contributed by atoms with van der Waals surface area (Å²) in [6.45, 7) is 4.26. The molecule has 3 unspecified atom stereocenters. The van der Waals surface area contributed by atoms with Crippen molar-refractivity contribution in [1.29, 1.82) is 0 Å². The van der Waals surface area contributed by atoms with Crippen molar-refractivity contribution >= 4 is 11.6 Å². The van der Waals surface area contributed by atoms with Gasteiger partial charge in [-0.15, -0.1) is 0 Å². The molecular formula is C15H22ClNO. The molecule has 100 valence electrons. The van der Waals surface area contributed by atoms with Crippen LogP contribution in [0.5, 0.6) is 5.75 Å². The standard InChI is InChI=1S/C15H22ClNO/c1-3-11-5-6-13(17)15(9-11)18-14-7-4-10(2)8-12(14)16/h4,7-8,11,13,15H,3,5-6,9,17H2,1-2H3. The first-order valence-corrected chi connectivity index (χ1v) is 7.16. The lowest BCUT2D eigenvalue weighted by Gasteiger charge is -2.34. The van der Waals surface area contributed by atoms with Crippen LogP contribution in [0.3, 0.4) is 0 Å². The van der Waals surface area contributed by atoms with Crippen LogP contribution in [-0.4, -0.2) is 12.1 Å². The lowest BCUT2D eigenvalue weighted by Crippen LogP contribution is -2.43. The summed E-state index contributed by atoms with van der Waals surface area (Å²) in [6.07, 6.45) is 4.62. The Labute approximate surface area is 114 Å². The van der Waals surface area contributed by atoms with E-state index in [1.807, 2.05) is 25.1 Å². The molecule has 1 saturated carbocycles. The van der Waals surface area contributed by atoms with Gasteiger partial charge in [-0.05, 0) is 49.8 Å². The molecule has 1 fully saturated rings. The largest absolute Gasteiger partial charge is 0.487 e. The Morgan fingerprint density at radius 3 is 2.83 bits per heavy atom. The number of benzene rings is 1. The number of hydrogen-bond donors (Lipinski definition) is 1. The van der Waals surface area contributed by atoms with Crippen molar-refractivity contribution in [3.8, 4) is 5.75 Å². The Morgan fingerprint density at radius 2 is 2.17 bits per heavy atom. The molecule has 0 aliphatic heterocycles. The maximum atomic E-state index is 6.20. The van der Waals surface area contributed by atoms with Gasteiger partial charge in [-0.25, -0.2) is 0 Å². The maximum absolute atomic E-state index is 6.20. The number of hydrogen-bond acceptors (Lipinski definition) is 2. The predicted molar refractivity (Wildman–Crippen MR) is 76.2 cm³/mol. The summed E-state index contributed by atoms with van der Waals surface area (Å²) in [7, 11) is 0. The van der Waals surface area contributed by atoms with Crippen molar-refractivity contribution in [2.24, 2.45) is 11.7 Å². The Kier molecular flexibility index (Phi) is 4.52. The molecule has 2 N–H and O–H groups in total. The quantitative estimate of drug-likeness (QED) is 0.901. The van der Waals surface area contributed by atoms with Crippen LogP contribution in [0.25, 0.3) is 0 Å². The zero-order chi connectivity index (χ0) is 13.1. The topological polar surface area (TPSA) is 35.2 Å². The Morgan fingerprint density at radius 1 is 1.39 bits per heavy atom. The Bertz CT molecular complexity index is 407. The van der Waals surface area contributed by atoms with Gasteiger partial charge >= 0.3 is 0 Å². The molecule has 1 aromatic carbocycles. The molecule has 2 rings (SSSR count). The first kappa shape index (κ1) is 13.7. The SMILES string of the molecule is CCC1CCC(N)C(Oc2ccc(C)cc2Cl)C1. The van der Waals surface area contributed by atoms with Crippen molar-refractivity contribution in [2.75, 3.05) is 0 Å². The van der Waals surface area contributed by atoms with Crippen molar-refractivity contribution < 1.29 is 4.74 Å². The van der Waals surface area contributed by atoms with E-state index in [9.17, 15) is 0 Å². The van der Waals surface area contributed by atoms with Gasteiger partial charge in [-0.2, -0.15) is 0 Å². The van der Waals surface area contributed by atoms with E-state index in [0.717, 1.165) is 30.1 Å². The zero-order valence-electron chi connectivity index (χ0n) is 11.2. The predicted octanol–water partition coefficient (Wildman–Crippen LogP) is 3.93. The highest BCUT2D eigenvalue weighted by atomic mass is 35.5. The second kappa shape index (κ2) is 5.94. The second-order valence-electron chi connectivity index (χ2n) is 5.34. The van der Waals surface area contributed by atoms with E-state index >= 15 is 0 Å². The van der Waals surface area contributed by atoms with Crippen LogP contribution in [0.4, 0.5) is 0 Å². The highest BCUT2D eigenvalue weighted by Crippen LogP contribution is 2.32. The summed E-state index contributed by atoms with van der Waals surface area (Å²) in [5.41, 5.74) is 7.30. The zero-order valence-corrected chi connectivity index (χ0v) is 11.9. The van der Waals surface area contributed by atoms with Crippen LogP contribution >= 0.6 is 11.6 Å². The summed E-state index contributed by atoms with van der Waals surface area (Å²) >= 11 is 6.20. The first-order valence-electron chi connectivity index (χ1n) is 6.78. The van der Waals surface area contributed by atoms with E-state index in [0.29, 0.717) is 5.02 Å². The lowest BCUT2D eigenvalue weighted by atomic mass is 9.83. The molecule has 0 spiro atoms. The third-order valence-corrected chi connectivity index (χ3v) is 4.19. The van der Waals surface area contributed by atoms with Gasteiger partial charge in [0.25, 0.3) is 0 Å². The summed E-state index contributed by atoms with van der Waals surface area (Å²) in [6, 6.07) is 6.03. The average Bonchev–Trinajstić information content (AvgIpc) is 2.35. The van der Waals surface area contributed by atoms with E-state index < -0.39 is 0 Å². The van der Waals surface area contributed by atoms with Gasteiger partial charge in [-0.1, -0.05) is 31.0 Å². The fraction of sp³-hybridized carbons (Fsp3) is 0.600. The minimum Gasteiger partial charge on any atom is -0.487 e. The molecule has 0 saturated heterocycles. The molecule has 1 aliphatic carbocycles. The minimum absolute atomic E-state index is 0.101.